The summed E-state index contributed by atoms with van der Waals surface area (Å²) in [7, 11) is 1.72. The lowest BCUT2D eigenvalue weighted by molar-refractivity contribution is 0.181. The van der Waals surface area contributed by atoms with Crippen molar-refractivity contribution in [1.29, 1.82) is 0 Å². The molecule has 1 N–H and O–H groups in total. The summed E-state index contributed by atoms with van der Waals surface area (Å²) < 4.78 is 8.26. The largest absolute Gasteiger partial charge is 0.383 e. The van der Waals surface area contributed by atoms with Crippen LogP contribution in [0.15, 0.2) is 10.7 Å². The minimum Gasteiger partial charge on any atom is -0.383 e. The van der Waals surface area contributed by atoms with Crippen LogP contribution in [0.25, 0.3) is 0 Å². The molecular weight excluding hydrogens is 294 g/mol. The Balaban J connectivity index is 2.83. The molecule has 1 aromatic heterocycles. The minimum absolute atomic E-state index is 0.365. The third kappa shape index (κ3) is 4.37. The van der Waals surface area contributed by atoms with E-state index in [1.54, 1.807) is 7.11 Å². The van der Waals surface area contributed by atoms with E-state index < -0.39 is 0 Å². The first-order valence-electron chi connectivity index (χ1n) is 6.68. The summed E-state index contributed by atoms with van der Waals surface area (Å²) in [5.74, 6) is 0. The van der Waals surface area contributed by atoms with Gasteiger partial charge in [-0.1, -0.05) is 26.7 Å². The van der Waals surface area contributed by atoms with E-state index in [9.17, 15) is 0 Å². The van der Waals surface area contributed by atoms with E-state index in [4.69, 9.17) is 4.74 Å². The molecule has 1 aromatic rings. The molecule has 1 atom stereocenters. The third-order valence-corrected chi connectivity index (χ3v) is 3.58. The number of hydrogen-bond donors (Lipinski definition) is 1. The maximum Gasteiger partial charge on any atom is 0.0696 e. The highest BCUT2D eigenvalue weighted by atomic mass is 79.9. The molecule has 5 heteroatoms. The van der Waals surface area contributed by atoms with E-state index in [1.165, 1.54) is 18.5 Å². The number of ether oxygens (including phenoxy) is 1. The molecule has 104 valence electrons. The third-order valence-electron chi connectivity index (χ3n) is 2.97. The number of rotatable bonds is 9. The van der Waals surface area contributed by atoms with Gasteiger partial charge in [0.1, 0.15) is 0 Å². The quantitative estimate of drug-likeness (QED) is 0.760. The van der Waals surface area contributed by atoms with Gasteiger partial charge in [0, 0.05) is 7.11 Å². The van der Waals surface area contributed by atoms with E-state index in [2.05, 4.69) is 40.2 Å². The Labute approximate surface area is 118 Å². The van der Waals surface area contributed by atoms with Crippen molar-refractivity contribution >= 4 is 15.9 Å². The topological polar surface area (TPSA) is 39.1 Å². The number of hydrogen-bond acceptors (Lipinski definition) is 3. The molecule has 1 unspecified atom stereocenters. The Morgan fingerprint density at radius 3 is 2.89 bits per heavy atom. The van der Waals surface area contributed by atoms with Crippen molar-refractivity contribution in [2.24, 2.45) is 0 Å². The van der Waals surface area contributed by atoms with Gasteiger partial charge in [-0.2, -0.15) is 5.10 Å². The number of nitrogens with one attached hydrogen (secondary N) is 1. The van der Waals surface area contributed by atoms with Gasteiger partial charge < -0.3 is 10.1 Å². The highest BCUT2D eigenvalue weighted by Gasteiger charge is 2.18. The molecule has 0 aliphatic carbocycles. The van der Waals surface area contributed by atoms with E-state index in [-0.39, 0.29) is 0 Å². The van der Waals surface area contributed by atoms with Crippen molar-refractivity contribution in [3.05, 3.63) is 16.4 Å². The number of nitrogens with zero attached hydrogens (tertiary/aromatic N) is 2. The summed E-state index contributed by atoms with van der Waals surface area (Å²) in [6.45, 7) is 6.82. The average molecular weight is 318 g/mol. The van der Waals surface area contributed by atoms with E-state index in [0.29, 0.717) is 12.6 Å². The molecule has 0 bridgehead atoms. The predicted octanol–water partition coefficient (Wildman–Crippen LogP) is 3.13. The van der Waals surface area contributed by atoms with E-state index in [0.717, 1.165) is 24.0 Å². The van der Waals surface area contributed by atoms with Gasteiger partial charge in [-0.05, 0) is 28.9 Å². The fraction of sp³-hybridized carbons (Fsp3) is 0.769. The molecule has 0 spiro atoms. The zero-order valence-electron chi connectivity index (χ0n) is 11.6. The summed E-state index contributed by atoms with van der Waals surface area (Å²) in [5, 5.41) is 7.96. The monoisotopic (exact) mass is 317 g/mol. The molecule has 0 aliphatic rings. The van der Waals surface area contributed by atoms with E-state index >= 15 is 0 Å². The van der Waals surface area contributed by atoms with Gasteiger partial charge in [0.2, 0.25) is 0 Å². The smallest absolute Gasteiger partial charge is 0.0696 e. The maximum atomic E-state index is 5.13. The standard InChI is InChI=1S/C13H24BrN3O/c1-4-6-7-12(15-5-2)13-11(14)10-16-17(13)8-9-18-3/h10,12,15H,4-9H2,1-3H3. The van der Waals surface area contributed by atoms with Crippen LogP contribution in [0.5, 0.6) is 0 Å². The van der Waals surface area contributed by atoms with Crippen molar-refractivity contribution < 1.29 is 4.74 Å². The Morgan fingerprint density at radius 2 is 2.28 bits per heavy atom. The lowest BCUT2D eigenvalue weighted by atomic mass is 10.1. The van der Waals surface area contributed by atoms with Gasteiger partial charge in [-0.3, -0.25) is 4.68 Å². The van der Waals surface area contributed by atoms with Gasteiger partial charge in [0.05, 0.1) is 35.6 Å². The van der Waals surface area contributed by atoms with Crippen LogP contribution < -0.4 is 5.32 Å². The highest BCUT2D eigenvalue weighted by Crippen LogP contribution is 2.27. The second-order valence-electron chi connectivity index (χ2n) is 4.35. The molecule has 0 fully saturated rings. The summed E-state index contributed by atoms with van der Waals surface area (Å²) >= 11 is 3.61. The minimum atomic E-state index is 0.365. The molecular formula is C13H24BrN3O. The van der Waals surface area contributed by atoms with E-state index in [1.807, 2.05) is 10.9 Å². The second-order valence-corrected chi connectivity index (χ2v) is 5.20. The first kappa shape index (κ1) is 15.7. The van der Waals surface area contributed by atoms with Crippen LogP contribution in [-0.2, 0) is 11.3 Å². The number of halogens is 1. The molecule has 0 aromatic carbocycles. The van der Waals surface area contributed by atoms with Crippen molar-refractivity contribution in [3.63, 3.8) is 0 Å². The first-order chi connectivity index (χ1) is 8.74. The fourth-order valence-corrected chi connectivity index (χ4v) is 2.64. The molecule has 0 aliphatic heterocycles. The Kier molecular flexibility index (Phi) is 7.54. The lowest BCUT2D eigenvalue weighted by Gasteiger charge is -2.20. The summed E-state index contributed by atoms with van der Waals surface area (Å²) in [5.41, 5.74) is 1.24. The average Bonchev–Trinajstić information content (AvgIpc) is 2.73. The van der Waals surface area contributed by atoms with Crippen molar-refractivity contribution in [3.8, 4) is 0 Å². The molecule has 0 saturated carbocycles. The van der Waals surface area contributed by atoms with Crippen molar-refractivity contribution in [1.82, 2.24) is 15.1 Å². The lowest BCUT2D eigenvalue weighted by Crippen LogP contribution is -2.25. The number of aromatic nitrogens is 2. The summed E-state index contributed by atoms with van der Waals surface area (Å²) in [4.78, 5) is 0. The molecule has 0 saturated heterocycles. The first-order valence-corrected chi connectivity index (χ1v) is 7.47. The summed E-state index contributed by atoms with van der Waals surface area (Å²) in [6, 6.07) is 0.365. The van der Waals surface area contributed by atoms with Crippen LogP contribution in [0.4, 0.5) is 0 Å². The molecule has 0 amide bonds. The van der Waals surface area contributed by atoms with Crippen LogP contribution in [-0.4, -0.2) is 30.0 Å². The Morgan fingerprint density at radius 1 is 1.50 bits per heavy atom. The molecule has 1 heterocycles. The van der Waals surface area contributed by atoms with Gasteiger partial charge in [-0.25, -0.2) is 0 Å². The molecule has 0 radical (unpaired) electrons. The number of methoxy groups -OCH3 is 1. The second kappa shape index (κ2) is 8.67. The Hall–Kier alpha value is -0.390. The number of unbranched alkanes of at least 4 members (excludes halogenated alkanes) is 1. The SMILES string of the molecule is CCCCC(NCC)c1c(Br)cnn1CCOC. The molecule has 4 nitrogen and oxygen atoms in total. The van der Waals surface area contributed by atoms with Crippen LogP contribution >= 0.6 is 15.9 Å². The van der Waals surface area contributed by atoms with Crippen LogP contribution in [0.3, 0.4) is 0 Å². The highest BCUT2D eigenvalue weighted by molar-refractivity contribution is 9.10. The van der Waals surface area contributed by atoms with Gasteiger partial charge in [-0.15, -0.1) is 0 Å². The van der Waals surface area contributed by atoms with Gasteiger partial charge >= 0.3 is 0 Å². The van der Waals surface area contributed by atoms with Gasteiger partial charge in [0.25, 0.3) is 0 Å². The maximum absolute atomic E-state index is 5.13. The van der Waals surface area contributed by atoms with Crippen LogP contribution in [0, 0.1) is 0 Å². The zero-order chi connectivity index (χ0) is 13.4. The van der Waals surface area contributed by atoms with Crippen LogP contribution in [0.2, 0.25) is 0 Å². The Bertz CT molecular complexity index is 341. The van der Waals surface area contributed by atoms with Crippen molar-refractivity contribution in [2.75, 3.05) is 20.3 Å². The van der Waals surface area contributed by atoms with Crippen molar-refractivity contribution in [2.45, 2.75) is 45.7 Å². The summed E-state index contributed by atoms with van der Waals surface area (Å²) in [6.07, 6.45) is 5.45. The zero-order valence-corrected chi connectivity index (χ0v) is 13.2. The molecule has 18 heavy (non-hydrogen) atoms. The molecule has 1 rings (SSSR count). The normalized spacial score (nSPS) is 12.9. The van der Waals surface area contributed by atoms with Crippen LogP contribution in [0.1, 0.15) is 44.8 Å². The predicted molar refractivity (Wildman–Crippen MR) is 77.7 cm³/mol. The van der Waals surface area contributed by atoms with Gasteiger partial charge in [0.15, 0.2) is 0 Å². The fourth-order valence-electron chi connectivity index (χ4n) is 2.06.